The minimum atomic E-state index is -0.390. The van der Waals surface area contributed by atoms with E-state index in [0.29, 0.717) is 32.1 Å². The Labute approximate surface area is 452 Å². The molecule has 8 heteroatoms. The average Bonchev–Trinajstić information content (AvgIpc) is 3.42. The smallest absolute Gasteiger partial charge is 0.407 e. The molecule has 0 spiro atoms. The summed E-state index contributed by atoms with van der Waals surface area (Å²) in [6.07, 6.45) is 59.4. The summed E-state index contributed by atoms with van der Waals surface area (Å²) in [5, 5.41) is 5.58. The lowest BCUT2D eigenvalue weighted by molar-refractivity contribution is 0.144. The van der Waals surface area contributed by atoms with Crippen LogP contribution in [0.2, 0.25) is 0 Å². The summed E-state index contributed by atoms with van der Waals surface area (Å²) < 4.78 is 10.1. The molecular weight excluding hydrogens is 937 g/mol. The molecule has 0 heterocycles. The molecule has 3 aromatic carbocycles. The molecule has 0 saturated heterocycles. The highest BCUT2D eigenvalue weighted by molar-refractivity contribution is 8.00. The Morgan fingerprint density at radius 1 is 0.438 bits per heavy atom. The van der Waals surface area contributed by atoms with Gasteiger partial charge in [-0.15, -0.1) is 11.8 Å². The number of benzene rings is 3. The Morgan fingerprint density at radius 3 is 1.05 bits per heavy atom. The van der Waals surface area contributed by atoms with Gasteiger partial charge in [-0.25, -0.2) is 9.59 Å². The van der Waals surface area contributed by atoms with E-state index in [4.69, 9.17) is 9.47 Å². The van der Waals surface area contributed by atoms with E-state index in [0.717, 1.165) is 108 Å². The van der Waals surface area contributed by atoms with E-state index in [1.54, 1.807) is 0 Å². The van der Waals surface area contributed by atoms with Gasteiger partial charge in [0.15, 0.2) is 0 Å². The quantitative estimate of drug-likeness (QED) is 0.0232. The molecular formula is C65H88N2O4S2. The minimum Gasteiger partial charge on any atom is -0.450 e. The summed E-state index contributed by atoms with van der Waals surface area (Å²) in [6.45, 7) is 6.29. The second kappa shape index (κ2) is 47.3. The third-order valence-electron chi connectivity index (χ3n) is 10.9. The van der Waals surface area contributed by atoms with E-state index in [1.165, 1.54) is 16.7 Å². The Bertz CT molecular complexity index is 2010. The zero-order valence-corrected chi connectivity index (χ0v) is 46.0. The first-order valence-electron chi connectivity index (χ1n) is 26.8. The van der Waals surface area contributed by atoms with Gasteiger partial charge in [0.1, 0.15) is 0 Å². The Morgan fingerprint density at radius 2 is 0.740 bits per heavy atom. The van der Waals surface area contributed by atoms with Crippen LogP contribution in [0.1, 0.15) is 133 Å². The Balaban J connectivity index is 0.000000578. The number of rotatable bonds is 37. The van der Waals surface area contributed by atoms with Crippen molar-refractivity contribution in [1.29, 1.82) is 0 Å². The van der Waals surface area contributed by atoms with E-state index >= 15 is 0 Å². The summed E-state index contributed by atoms with van der Waals surface area (Å²) >= 11 is 5.85. The van der Waals surface area contributed by atoms with Gasteiger partial charge in [0, 0.05) is 24.6 Å². The van der Waals surface area contributed by atoms with Crippen LogP contribution in [0.4, 0.5) is 9.59 Å². The molecule has 3 aromatic rings. The van der Waals surface area contributed by atoms with Gasteiger partial charge in [0.25, 0.3) is 0 Å². The number of amides is 2. The van der Waals surface area contributed by atoms with Crippen molar-refractivity contribution in [1.82, 2.24) is 10.6 Å². The normalized spacial score (nSPS) is 12.3. The van der Waals surface area contributed by atoms with E-state index < -0.39 is 4.75 Å². The maximum Gasteiger partial charge on any atom is 0.407 e. The summed E-state index contributed by atoms with van der Waals surface area (Å²) in [6, 6.07) is 31.8. The van der Waals surface area contributed by atoms with E-state index in [1.807, 2.05) is 11.8 Å². The van der Waals surface area contributed by atoms with Crippen molar-refractivity contribution < 1.29 is 19.1 Å². The van der Waals surface area contributed by atoms with Crippen molar-refractivity contribution in [2.24, 2.45) is 0 Å². The molecule has 0 unspecified atom stereocenters. The number of carbonyl (C=O) groups is 2. The number of allylic oxidation sites excluding steroid dienone is 20. The fraction of sp³-hybridized carbons (Fsp3) is 0.385. The van der Waals surface area contributed by atoms with Crippen molar-refractivity contribution in [3.8, 4) is 0 Å². The lowest BCUT2D eigenvalue weighted by Gasteiger charge is -2.35. The highest BCUT2D eigenvalue weighted by Crippen LogP contribution is 2.48. The lowest BCUT2D eigenvalue weighted by Crippen LogP contribution is -2.30. The maximum absolute atomic E-state index is 12.4. The van der Waals surface area contributed by atoms with Crippen LogP contribution in [-0.2, 0) is 14.2 Å². The number of hydrogen-bond donors (Lipinski definition) is 3. The molecule has 2 N–H and O–H groups in total. The van der Waals surface area contributed by atoms with Gasteiger partial charge in [-0.1, -0.05) is 226 Å². The van der Waals surface area contributed by atoms with E-state index in [2.05, 4.69) is 250 Å². The number of alkyl carbamates (subject to hydrolysis) is 2. The van der Waals surface area contributed by atoms with Crippen LogP contribution in [0.15, 0.2) is 213 Å². The fourth-order valence-electron chi connectivity index (χ4n) is 7.18. The maximum atomic E-state index is 12.4. The molecule has 0 bridgehead atoms. The molecule has 0 fully saturated rings. The molecule has 0 saturated carbocycles. The molecule has 0 aliphatic carbocycles. The third kappa shape index (κ3) is 33.6. The van der Waals surface area contributed by atoms with Crippen LogP contribution in [0.25, 0.3) is 0 Å². The van der Waals surface area contributed by atoms with Crippen molar-refractivity contribution >= 4 is 36.6 Å². The highest BCUT2D eigenvalue weighted by Gasteiger charge is 2.36. The SMILES string of the molecule is CC/C=C\C/C=C\C/C=C\C/C=C\C/C=C\CCCCOC(=O)NCCS.CC/C=C\C/C=C\C/C=C\C/C=C\C/C=C\CCCCOC(=O)NCCSC(c1ccccc1)(c1ccccc1)c1ccccc1. The third-order valence-corrected chi connectivity index (χ3v) is 12.7. The highest BCUT2D eigenvalue weighted by atomic mass is 32.2. The predicted molar refractivity (Wildman–Crippen MR) is 321 cm³/mol. The number of hydrogen-bond acceptors (Lipinski definition) is 6. The second-order valence-corrected chi connectivity index (χ2v) is 18.6. The van der Waals surface area contributed by atoms with Gasteiger partial charge in [-0.2, -0.15) is 12.6 Å². The topological polar surface area (TPSA) is 76.7 Å². The zero-order chi connectivity index (χ0) is 52.2. The predicted octanol–water partition coefficient (Wildman–Crippen LogP) is 17.9. The molecule has 73 heavy (non-hydrogen) atoms. The van der Waals surface area contributed by atoms with E-state index in [9.17, 15) is 9.59 Å². The van der Waals surface area contributed by atoms with Crippen LogP contribution < -0.4 is 10.6 Å². The summed E-state index contributed by atoms with van der Waals surface area (Å²) in [7, 11) is 0. The fourth-order valence-corrected chi connectivity index (χ4v) is 8.71. The molecule has 394 valence electrons. The second-order valence-electron chi connectivity index (χ2n) is 16.9. The standard InChI is InChI=1S/C42H51NO2S.C23H37NO2S/c1-2-3-4-5-6-7-8-9-10-11-12-13-14-15-16-17-18-28-36-45-41(44)43-35-37-46-42(38-29-22-19-23-30-38,39-31-24-20-25-32-39)40-33-26-21-27-34-40;1-2-3-4-5-6-7-8-9-10-11-12-13-14-15-16-17-18-19-21-26-23(25)24-20-22-27/h3-4,6-7,9-10,12-13,15-16,19-27,29-34H,2,5,8,11,14,17-18,28,35-37H2,1H3,(H,43,44);3-4,6-7,9-10,12-13,15-16,27H,2,5,8,11,14,17-22H2,1H3,(H,24,25)/b2*4-3-,7-6-,10-9-,13-12-,16-15-. The van der Waals surface area contributed by atoms with Crippen LogP contribution in [-0.4, -0.2) is 50.0 Å². The van der Waals surface area contributed by atoms with Crippen LogP contribution in [0.5, 0.6) is 0 Å². The number of thioether (sulfide) groups is 1. The monoisotopic (exact) mass is 1020 g/mol. The number of ether oxygens (including phenoxy) is 2. The number of unbranched alkanes of at least 4 members (excludes halogenated alkanes) is 4. The van der Waals surface area contributed by atoms with Crippen LogP contribution >= 0.6 is 24.4 Å². The largest absolute Gasteiger partial charge is 0.450 e. The first-order chi connectivity index (χ1) is 36.1. The van der Waals surface area contributed by atoms with Crippen molar-refractivity contribution in [3.05, 3.63) is 229 Å². The summed E-state index contributed by atoms with van der Waals surface area (Å²) in [5.74, 6) is 1.36. The Kier molecular flexibility index (Phi) is 41.1. The number of nitrogens with one attached hydrogen (secondary N) is 2. The molecule has 0 aromatic heterocycles. The molecule has 0 radical (unpaired) electrons. The minimum absolute atomic E-state index is 0.347. The summed E-state index contributed by atoms with van der Waals surface area (Å²) in [4.78, 5) is 23.6. The van der Waals surface area contributed by atoms with Crippen molar-refractivity contribution in [2.75, 3.05) is 37.8 Å². The van der Waals surface area contributed by atoms with Crippen molar-refractivity contribution in [2.45, 2.75) is 121 Å². The van der Waals surface area contributed by atoms with Gasteiger partial charge in [-0.3, -0.25) is 0 Å². The molecule has 0 aliphatic rings. The lowest BCUT2D eigenvalue weighted by atomic mass is 9.84. The Hall–Kier alpha value is -5.70. The molecule has 2 amide bonds. The van der Waals surface area contributed by atoms with Crippen molar-refractivity contribution in [3.63, 3.8) is 0 Å². The van der Waals surface area contributed by atoms with Gasteiger partial charge >= 0.3 is 12.2 Å². The van der Waals surface area contributed by atoms with Gasteiger partial charge in [-0.05, 0) is 119 Å². The summed E-state index contributed by atoms with van der Waals surface area (Å²) in [5.41, 5.74) is 3.65. The van der Waals surface area contributed by atoms with Gasteiger partial charge in [0.05, 0.1) is 18.0 Å². The first kappa shape index (κ1) is 63.4. The molecule has 6 nitrogen and oxygen atoms in total. The molecule has 3 rings (SSSR count). The van der Waals surface area contributed by atoms with Crippen LogP contribution in [0.3, 0.4) is 0 Å². The average molecular weight is 1030 g/mol. The zero-order valence-electron chi connectivity index (χ0n) is 44.3. The first-order valence-corrected chi connectivity index (χ1v) is 28.4. The number of carbonyl (C=O) groups excluding carboxylic acids is 2. The van der Waals surface area contributed by atoms with Gasteiger partial charge < -0.3 is 20.1 Å². The van der Waals surface area contributed by atoms with Crippen LogP contribution in [0, 0.1) is 0 Å². The number of thiol groups is 1. The van der Waals surface area contributed by atoms with Gasteiger partial charge in [0.2, 0.25) is 0 Å². The molecule has 0 aliphatic heterocycles. The van der Waals surface area contributed by atoms with E-state index in [-0.39, 0.29) is 12.2 Å². The molecule has 0 atom stereocenters.